The van der Waals surface area contributed by atoms with Crippen molar-refractivity contribution in [2.75, 3.05) is 6.61 Å². The molecule has 0 spiro atoms. The van der Waals surface area contributed by atoms with Crippen LogP contribution in [0.25, 0.3) is 5.65 Å². The van der Waals surface area contributed by atoms with Crippen LogP contribution in [0.15, 0.2) is 6.07 Å². The molecule has 5 heteroatoms. The van der Waals surface area contributed by atoms with Crippen LogP contribution in [0.5, 0.6) is 0 Å². The first-order valence-electron chi connectivity index (χ1n) is 5.55. The van der Waals surface area contributed by atoms with E-state index in [1.807, 2.05) is 20.8 Å². The summed E-state index contributed by atoms with van der Waals surface area (Å²) in [5, 5.41) is 4.36. The Kier molecular flexibility index (Phi) is 2.83. The van der Waals surface area contributed by atoms with Crippen LogP contribution < -0.4 is 0 Å². The van der Waals surface area contributed by atoms with Crippen molar-refractivity contribution in [3.05, 3.63) is 28.7 Å². The molecule has 0 aromatic carbocycles. The molecule has 0 amide bonds. The summed E-state index contributed by atoms with van der Waals surface area (Å²) in [6, 6.07) is 1.69. The minimum absolute atomic E-state index is 0.333. The number of hydrogen-bond acceptors (Lipinski definition) is 4. The van der Waals surface area contributed by atoms with E-state index >= 15 is 0 Å². The highest BCUT2D eigenvalue weighted by Gasteiger charge is 2.14. The largest absolute Gasteiger partial charge is 0.461 e. The fourth-order valence-electron chi connectivity index (χ4n) is 1.69. The molecule has 2 heterocycles. The van der Waals surface area contributed by atoms with Crippen molar-refractivity contribution in [2.24, 2.45) is 0 Å². The normalized spacial score (nSPS) is 10.8. The van der Waals surface area contributed by atoms with Gasteiger partial charge < -0.3 is 4.74 Å². The van der Waals surface area contributed by atoms with Gasteiger partial charge in [-0.1, -0.05) is 0 Å². The summed E-state index contributed by atoms with van der Waals surface area (Å²) in [6.07, 6.45) is 0. The topological polar surface area (TPSA) is 56.5 Å². The van der Waals surface area contributed by atoms with Gasteiger partial charge in [0.25, 0.3) is 0 Å². The van der Waals surface area contributed by atoms with Gasteiger partial charge in [0.2, 0.25) is 0 Å². The fourth-order valence-corrected chi connectivity index (χ4v) is 1.69. The standard InChI is InChI=1S/C12H15N3O2/c1-5-17-12(16)10-6-7(2)15-11(13-10)8(3)9(4)14-15/h6H,5H2,1-4H3. The number of aromatic nitrogens is 3. The van der Waals surface area contributed by atoms with Gasteiger partial charge in [-0.15, -0.1) is 0 Å². The van der Waals surface area contributed by atoms with Gasteiger partial charge in [-0.3, -0.25) is 0 Å². The molecule has 0 aliphatic carbocycles. The zero-order valence-corrected chi connectivity index (χ0v) is 10.4. The van der Waals surface area contributed by atoms with Gasteiger partial charge in [-0.2, -0.15) is 5.10 Å². The minimum atomic E-state index is -0.392. The lowest BCUT2D eigenvalue weighted by molar-refractivity contribution is 0.0519. The van der Waals surface area contributed by atoms with Crippen molar-refractivity contribution in [1.82, 2.24) is 14.6 Å². The summed E-state index contributed by atoms with van der Waals surface area (Å²) in [5.41, 5.74) is 3.82. The van der Waals surface area contributed by atoms with E-state index < -0.39 is 5.97 Å². The highest BCUT2D eigenvalue weighted by atomic mass is 16.5. The molecule has 0 unspecified atom stereocenters. The van der Waals surface area contributed by atoms with E-state index in [9.17, 15) is 4.79 Å². The number of ether oxygens (including phenoxy) is 1. The van der Waals surface area contributed by atoms with Crippen LogP contribution in [0.4, 0.5) is 0 Å². The SMILES string of the molecule is CCOC(=O)c1cc(C)n2nc(C)c(C)c2n1. The van der Waals surface area contributed by atoms with Crippen LogP contribution in [0.1, 0.15) is 34.4 Å². The predicted octanol–water partition coefficient (Wildman–Crippen LogP) is 1.83. The van der Waals surface area contributed by atoms with Gasteiger partial charge in [-0.25, -0.2) is 14.3 Å². The molecule has 0 fully saturated rings. The first-order chi connectivity index (χ1) is 8.04. The van der Waals surface area contributed by atoms with Crippen LogP contribution in [-0.2, 0) is 4.74 Å². The molecule has 0 radical (unpaired) electrons. The molecule has 0 saturated carbocycles. The molecule has 0 bridgehead atoms. The van der Waals surface area contributed by atoms with E-state index in [-0.39, 0.29) is 0 Å². The van der Waals surface area contributed by atoms with E-state index in [0.717, 1.165) is 17.0 Å². The number of esters is 1. The van der Waals surface area contributed by atoms with Crippen molar-refractivity contribution in [3.63, 3.8) is 0 Å². The van der Waals surface area contributed by atoms with Crippen LogP contribution in [0.2, 0.25) is 0 Å². The van der Waals surface area contributed by atoms with Crippen molar-refractivity contribution in [1.29, 1.82) is 0 Å². The molecular weight excluding hydrogens is 218 g/mol. The lowest BCUT2D eigenvalue weighted by Gasteiger charge is -2.04. The summed E-state index contributed by atoms with van der Waals surface area (Å²) >= 11 is 0. The highest BCUT2D eigenvalue weighted by molar-refractivity contribution is 5.88. The number of hydrogen-bond donors (Lipinski definition) is 0. The Balaban J connectivity index is 2.61. The second kappa shape index (κ2) is 4.16. The molecule has 2 aromatic rings. The fraction of sp³-hybridized carbons (Fsp3) is 0.417. The molecule has 5 nitrogen and oxygen atoms in total. The lowest BCUT2D eigenvalue weighted by Crippen LogP contribution is -2.10. The number of fused-ring (bicyclic) bond motifs is 1. The quantitative estimate of drug-likeness (QED) is 0.742. The van der Waals surface area contributed by atoms with Gasteiger partial charge in [0, 0.05) is 11.3 Å². The molecule has 0 aliphatic heterocycles. The van der Waals surface area contributed by atoms with Gasteiger partial charge in [0.15, 0.2) is 11.3 Å². The zero-order valence-electron chi connectivity index (χ0n) is 10.4. The van der Waals surface area contributed by atoms with Gasteiger partial charge in [-0.05, 0) is 33.8 Å². The number of nitrogens with zero attached hydrogens (tertiary/aromatic N) is 3. The number of carbonyl (C=O) groups excluding carboxylic acids is 1. The van der Waals surface area contributed by atoms with Crippen LogP contribution in [-0.4, -0.2) is 27.2 Å². The average molecular weight is 233 g/mol. The Hall–Kier alpha value is -1.91. The van der Waals surface area contributed by atoms with E-state index in [1.165, 1.54) is 0 Å². The number of carbonyl (C=O) groups is 1. The third-order valence-corrected chi connectivity index (χ3v) is 2.72. The summed E-state index contributed by atoms with van der Waals surface area (Å²) < 4.78 is 6.69. The third kappa shape index (κ3) is 1.88. The molecule has 90 valence electrons. The summed E-state index contributed by atoms with van der Waals surface area (Å²) in [4.78, 5) is 15.9. The number of rotatable bonds is 2. The van der Waals surface area contributed by atoms with Crippen molar-refractivity contribution in [3.8, 4) is 0 Å². The molecular formula is C12H15N3O2. The van der Waals surface area contributed by atoms with Gasteiger partial charge >= 0.3 is 5.97 Å². The van der Waals surface area contributed by atoms with E-state index in [4.69, 9.17) is 4.74 Å². The second-order valence-electron chi connectivity index (χ2n) is 3.95. The number of aryl methyl sites for hydroxylation is 3. The van der Waals surface area contributed by atoms with Gasteiger partial charge in [0.1, 0.15) is 0 Å². The van der Waals surface area contributed by atoms with Crippen LogP contribution in [0, 0.1) is 20.8 Å². The summed E-state index contributed by atoms with van der Waals surface area (Å²) in [6.45, 7) is 7.88. The molecule has 0 saturated heterocycles. The molecule has 0 atom stereocenters. The van der Waals surface area contributed by atoms with Gasteiger partial charge in [0.05, 0.1) is 12.3 Å². The Bertz CT molecular complexity index is 587. The average Bonchev–Trinajstić information content (AvgIpc) is 2.57. The maximum atomic E-state index is 11.6. The highest BCUT2D eigenvalue weighted by Crippen LogP contribution is 2.15. The minimum Gasteiger partial charge on any atom is -0.461 e. The third-order valence-electron chi connectivity index (χ3n) is 2.72. The molecule has 2 rings (SSSR count). The molecule has 0 N–H and O–H groups in total. The van der Waals surface area contributed by atoms with E-state index in [2.05, 4.69) is 10.1 Å². The van der Waals surface area contributed by atoms with Crippen LogP contribution in [0.3, 0.4) is 0 Å². The maximum absolute atomic E-state index is 11.6. The maximum Gasteiger partial charge on any atom is 0.357 e. The predicted molar refractivity (Wildman–Crippen MR) is 63.2 cm³/mol. The smallest absolute Gasteiger partial charge is 0.357 e. The monoisotopic (exact) mass is 233 g/mol. The van der Waals surface area contributed by atoms with Crippen molar-refractivity contribution in [2.45, 2.75) is 27.7 Å². The van der Waals surface area contributed by atoms with Crippen molar-refractivity contribution >= 4 is 11.6 Å². The first-order valence-corrected chi connectivity index (χ1v) is 5.55. The Morgan fingerprint density at radius 2 is 2.12 bits per heavy atom. The molecule has 2 aromatic heterocycles. The van der Waals surface area contributed by atoms with E-state index in [0.29, 0.717) is 17.9 Å². The van der Waals surface area contributed by atoms with Crippen molar-refractivity contribution < 1.29 is 9.53 Å². The molecule has 17 heavy (non-hydrogen) atoms. The Morgan fingerprint density at radius 3 is 2.76 bits per heavy atom. The van der Waals surface area contributed by atoms with Crippen LogP contribution >= 0.6 is 0 Å². The zero-order chi connectivity index (χ0) is 12.6. The summed E-state index contributed by atoms with van der Waals surface area (Å²) in [7, 11) is 0. The Labute approximate surface area is 99.4 Å². The Morgan fingerprint density at radius 1 is 1.41 bits per heavy atom. The molecule has 0 aliphatic rings. The van der Waals surface area contributed by atoms with E-state index in [1.54, 1.807) is 17.5 Å². The lowest BCUT2D eigenvalue weighted by atomic mass is 10.2. The second-order valence-corrected chi connectivity index (χ2v) is 3.95. The summed E-state index contributed by atoms with van der Waals surface area (Å²) in [5.74, 6) is -0.392. The first kappa shape index (κ1) is 11.6.